The van der Waals surface area contributed by atoms with E-state index in [0.29, 0.717) is 15.8 Å². The maximum atomic E-state index is 13.7. The zero-order chi connectivity index (χ0) is 35.7. The molecule has 0 saturated carbocycles. The highest BCUT2D eigenvalue weighted by Crippen LogP contribution is 2.30. The van der Waals surface area contributed by atoms with Gasteiger partial charge in [-0.2, -0.15) is 0 Å². The Balaban J connectivity index is 1.94. The lowest BCUT2D eigenvalue weighted by molar-refractivity contribution is -0.142. The van der Waals surface area contributed by atoms with E-state index in [-0.39, 0.29) is 29.3 Å². The quantitative estimate of drug-likeness (QED) is 0.0400. The van der Waals surface area contributed by atoms with Crippen LogP contribution in [0.25, 0.3) is 0 Å². The van der Waals surface area contributed by atoms with E-state index in [9.17, 15) is 24.0 Å². The maximum Gasteiger partial charge on any atom is 0.338 e. The first kappa shape index (κ1) is 41.0. The van der Waals surface area contributed by atoms with Crippen LogP contribution in [0.1, 0.15) is 141 Å². The van der Waals surface area contributed by atoms with Gasteiger partial charge in [0, 0.05) is 9.90 Å². The molecule has 268 valence electrons. The Morgan fingerprint density at radius 2 is 1.42 bits per heavy atom. The number of rotatable bonds is 22. The highest BCUT2D eigenvalue weighted by atomic mass is 79.9. The second-order valence-electron chi connectivity index (χ2n) is 13.4. The molecule has 1 heterocycles. The van der Waals surface area contributed by atoms with Crippen LogP contribution < -0.4 is 15.4 Å². The molecular formula is C37H56BrN3O7. The summed E-state index contributed by atoms with van der Waals surface area (Å²) in [6.07, 6.45) is 17.7. The van der Waals surface area contributed by atoms with Crippen LogP contribution in [0.2, 0.25) is 0 Å². The van der Waals surface area contributed by atoms with Crippen LogP contribution >= 0.6 is 15.9 Å². The number of nitrogens with one attached hydrogen (secondary N) is 2. The van der Waals surface area contributed by atoms with Crippen molar-refractivity contribution in [2.75, 3.05) is 19.0 Å². The number of imide groups is 1. The van der Waals surface area contributed by atoms with E-state index in [4.69, 9.17) is 9.47 Å². The van der Waals surface area contributed by atoms with Crippen LogP contribution in [0.3, 0.4) is 0 Å². The van der Waals surface area contributed by atoms with Gasteiger partial charge in [-0.05, 0) is 31.0 Å². The molecule has 0 spiro atoms. The van der Waals surface area contributed by atoms with Crippen molar-refractivity contribution in [3.63, 3.8) is 0 Å². The van der Waals surface area contributed by atoms with E-state index in [2.05, 4.69) is 33.5 Å². The van der Waals surface area contributed by atoms with Crippen molar-refractivity contribution in [1.29, 1.82) is 0 Å². The maximum absolute atomic E-state index is 13.7. The Hall–Kier alpha value is -3.21. The zero-order valence-corrected chi connectivity index (χ0v) is 31.4. The predicted molar refractivity (Wildman–Crippen MR) is 192 cm³/mol. The summed E-state index contributed by atoms with van der Waals surface area (Å²) in [5.41, 5.74) is -0.817. The van der Waals surface area contributed by atoms with Gasteiger partial charge in [0.05, 0.1) is 25.0 Å². The number of ketones is 1. The van der Waals surface area contributed by atoms with Crippen LogP contribution in [0, 0.1) is 5.41 Å². The number of benzene rings is 1. The lowest BCUT2D eigenvalue weighted by Crippen LogP contribution is -2.55. The summed E-state index contributed by atoms with van der Waals surface area (Å²) in [4.78, 5) is 66.8. The number of hydrogen-bond acceptors (Lipinski definition) is 7. The minimum atomic E-state index is -1.77. The molecule has 11 heteroatoms. The van der Waals surface area contributed by atoms with E-state index >= 15 is 0 Å². The number of carbonyl (C=O) groups excluding carboxylic acids is 5. The molecule has 1 fully saturated rings. The van der Waals surface area contributed by atoms with Gasteiger partial charge in [-0.1, -0.05) is 134 Å². The first-order valence-corrected chi connectivity index (χ1v) is 18.4. The predicted octanol–water partition coefficient (Wildman–Crippen LogP) is 8.82. The third kappa shape index (κ3) is 12.7. The number of unbranched alkanes of at least 4 members (excludes halogenated alkanes) is 13. The molecule has 2 rings (SSSR count). The van der Waals surface area contributed by atoms with Gasteiger partial charge in [-0.15, -0.1) is 0 Å². The molecule has 2 N–H and O–H groups in total. The fourth-order valence-electron chi connectivity index (χ4n) is 5.47. The highest BCUT2D eigenvalue weighted by molar-refractivity contribution is 9.11. The number of ether oxygens (including phenoxy) is 2. The molecule has 0 bridgehead atoms. The average Bonchev–Trinajstić information content (AvgIpc) is 3.34. The Kier molecular flexibility index (Phi) is 17.9. The zero-order valence-electron chi connectivity index (χ0n) is 29.8. The minimum Gasteiger partial charge on any atom is -0.495 e. The number of hydrogen-bond donors (Lipinski definition) is 2. The second kappa shape index (κ2) is 21.0. The van der Waals surface area contributed by atoms with Crippen LogP contribution in [0.4, 0.5) is 10.5 Å². The summed E-state index contributed by atoms with van der Waals surface area (Å²) in [5, 5.41) is 5.08. The molecular weight excluding hydrogens is 678 g/mol. The molecule has 4 amide bonds. The summed E-state index contributed by atoms with van der Waals surface area (Å²) in [5.74, 6) is -2.68. The monoisotopic (exact) mass is 733 g/mol. The largest absolute Gasteiger partial charge is 0.495 e. The fourth-order valence-corrected chi connectivity index (χ4v) is 5.74. The van der Waals surface area contributed by atoms with Crippen molar-refractivity contribution >= 4 is 51.2 Å². The number of urea groups is 1. The first-order valence-electron chi connectivity index (χ1n) is 17.6. The number of allylic oxidation sites excluding steroid dienone is 1. The molecule has 0 radical (unpaired) electrons. The van der Waals surface area contributed by atoms with Gasteiger partial charge in [-0.25, -0.2) is 14.5 Å². The summed E-state index contributed by atoms with van der Waals surface area (Å²) < 4.78 is 11.3. The Morgan fingerprint density at radius 3 is 1.92 bits per heavy atom. The Bertz CT molecular complexity index is 1290. The first-order chi connectivity index (χ1) is 22.9. The number of amides is 4. The van der Waals surface area contributed by atoms with Crippen molar-refractivity contribution in [2.24, 2.45) is 5.41 Å². The molecule has 1 aromatic rings. The number of Topliss-reactive ketones (excluding diaryl/α,β-unsaturated/α-hetero) is 1. The topological polar surface area (TPSA) is 131 Å². The van der Waals surface area contributed by atoms with Crippen molar-refractivity contribution in [3.05, 3.63) is 33.9 Å². The van der Waals surface area contributed by atoms with Crippen molar-refractivity contribution in [2.45, 2.75) is 137 Å². The fraction of sp³-hybridized carbons (Fsp3) is 0.649. The summed E-state index contributed by atoms with van der Waals surface area (Å²) in [7, 11) is 1.40. The molecule has 1 atom stereocenters. The van der Waals surface area contributed by atoms with Crippen molar-refractivity contribution < 1.29 is 33.4 Å². The van der Waals surface area contributed by atoms with Crippen LogP contribution in [-0.4, -0.2) is 54.3 Å². The molecule has 10 nitrogen and oxygen atoms in total. The third-order valence-corrected chi connectivity index (χ3v) is 9.34. The molecule has 0 aliphatic carbocycles. The van der Waals surface area contributed by atoms with E-state index in [1.54, 1.807) is 27.7 Å². The van der Waals surface area contributed by atoms with Crippen LogP contribution in [0.5, 0.6) is 5.75 Å². The van der Waals surface area contributed by atoms with E-state index in [1.807, 2.05) is 0 Å². The summed E-state index contributed by atoms with van der Waals surface area (Å²) >= 11 is 3.28. The van der Waals surface area contributed by atoms with Crippen LogP contribution in [-0.2, 0) is 19.1 Å². The van der Waals surface area contributed by atoms with Gasteiger partial charge < -0.3 is 20.1 Å². The molecule has 1 unspecified atom stereocenters. The van der Waals surface area contributed by atoms with Gasteiger partial charge in [0.25, 0.3) is 11.8 Å². The van der Waals surface area contributed by atoms with Gasteiger partial charge in [0.15, 0.2) is 11.8 Å². The van der Waals surface area contributed by atoms with E-state index < -0.39 is 41.1 Å². The normalized spacial score (nSPS) is 14.9. The molecule has 0 aromatic heterocycles. The minimum absolute atomic E-state index is 0.0249. The third-order valence-electron chi connectivity index (χ3n) is 8.38. The SMILES string of the molecule is CCCCCCCCCCCCCCCCOC(=O)c1ccc(OC)c(NC(=O)C(C(=O)C(C)(C)C)N2C(=O)NC(=C(Br)CC)C2=O)c1. The van der Waals surface area contributed by atoms with Crippen LogP contribution in [0.15, 0.2) is 28.4 Å². The molecule has 1 aliphatic rings. The van der Waals surface area contributed by atoms with Gasteiger partial charge in [-0.3, -0.25) is 14.4 Å². The van der Waals surface area contributed by atoms with Crippen molar-refractivity contribution in [3.8, 4) is 5.75 Å². The summed E-state index contributed by atoms with van der Waals surface area (Å²) in [6, 6.07) is 1.77. The van der Waals surface area contributed by atoms with E-state index in [0.717, 1.165) is 19.3 Å². The van der Waals surface area contributed by atoms with Gasteiger partial charge in [0.2, 0.25) is 0 Å². The number of anilines is 1. The standard InChI is InChI=1S/C37H56BrN3O7/c1-7-9-10-11-12-13-14-15-16-17-18-19-20-21-24-48-35(45)26-22-23-29(47-6)28(25-26)39-33(43)31(32(42)37(3,4)5)41-34(44)30(27(38)8-2)40-36(41)46/h22-23,25,31H,7-21,24H2,1-6H3,(H,39,43)(H,40,46). The molecule has 48 heavy (non-hydrogen) atoms. The molecule has 1 aromatic carbocycles. The summed E-state index contributed by atoms with van der Waals surface area (Å²) in [6.45, 7) is 9.11. The number of methoxy groups -OCH3 is 1. The van der Waals surface area contributed by atoms with Crippen molar-refractivity contribution in [1.82, 2.24) is 10.2 Å². The molecule has 1 saturated heterocycles. The molecule has 1 aliphatic heterocycles. The number of esters is 1. The van der Waals surface area contributed by atoms with E-state index in [1.165, 1.54) is 95.9 Å². The van der Waals surface area contributed by atoms with Gasteiger partial charge in [0.1, 0.15) is 11.4 Å². The second-order valence-corrected chi connectivity index (χ2v) is 14.3. The number of carbonyl (C=O) groups is 5. The Morgan fingerprint density at radius 1 is 0.875 bits per heavy atom. The lowest BCUT2D eigenvalue weighted by atomic mass is 9.85. The Labute approximate surface area is 295 Å². The lowest BCUT2D eigenvalue weighted by Gasteiger charge is -2.28. The highest BCUT2D eigenvalue weighted by Gasteiger charge is 2.48. The van der Waals surface area contributed by atoms with Gasteiger partial charge >= 0.3 is 12.0 Å². The average molecular weight is 735 g/mol. The number of halogens is 1. The number of nitrogens with zero attached hydrogens (tertiary/aromatic N) is 1. The smallest absolute Gasteiger partial charge is 0.338 e.